The van der Waals surface area contributed by atoms with Crippen LogP contribution in [-0.4, -0.2) is 19.3 Å². The van der Waals surface area contributed by atoms with E-state index in [1.54, 1.807) is 6.92 Å². The summed E-state index contributed by atoms with van der Waals surface area (Å²) in [4.78, 5) is 12.8. The second-order valence-electron chi connectivity index (χ2n) is 7.24. The van der Waals surface area contributed by atoms with Crippen molar-refractivity contribution in [1.82, 2.24) is 14.2 Å². The van der Waals surface area contributed by atoms with Gasteiger partial charge in [0.2, 0.25) is 0 Å². The minimum Gasteiger partial charge on any atom is -0.327 e. The third-order valence-electron chi connectivity index (χ3n) is 4.27. The summed E-state index contributed by atoms with van der Waals surface area (Å²) in [5.41, 5.74) is 6.60. The van der Waals surface area contributed by atoms with E-state index in [0.717, 1.165) is 27.3 Å². The molecule has 0 N–H and O–H groups in total. The van der Waals surface area contributed by atoms with Gasteiger partial charge in [0.25, 0.3) is 0 Å². The average molecular weight is 329 g/mol. The molecule has 122 valence electrons. The van der Waals surface area contributed by atoms with E-state index in [1.165, 1.54) is 22.9 Å². The first-order valence-electron chi connectivity index (χ1n) is 7.78. The SMILES string of the molecule is CC(=O)Sc1c(C(C)(C)C)nn2c3cc(C)c(C)cc3n(C)c12. The highest BCUT2D eigenvalue weighted by Crippen LogP contribution is 2.38. The lowest BCUT2D eigenvalue weighted by Crippen LogP contribution is -2.13. The second kappa shape index (κ2) is 5.13. The molecule has 3 aromatic rings. The monoisotopic (exact) mass is 329 g/mol. The van der Waals surface area contributed by atoms with Crippen LogP contribution in [0.25, 0.3) is 16.7 Å². The fourth-order valence-electron chi connectivity index (χ4n) is 2.92. The van der Waals surface area contributed by atoms with Crippen LogP contribution in [0.2, 0.25) is 0 Å². The maximum Gasteiger partial charge on any atom is 0.190 e. The Labute approximate surface area is 140 Å². The number of carbonyl (C=O) groups is 1. The topological polar surface area (TPSA) is 39.3 Å². The zero-order chi connectivity index (χ0) is 17.1. The summed E-state index contributed by atoms with van der Waals surface area (Å²) in [7, 11) is 2.05. The van der Waals surface area contributed by atoms with E-state index >= 15 is 0 Å². The molecule has 0 saturated carbocycles. The Morgan fingerprint density at radius 2 is 1.70 bits per heavy atom. The van der Waals surface area contributed by atoms with Gasteiger partial charge >= 0.3 is 0 Å². The molecule has 0 aliphatic rings. The van der Waals surface area contributed by atoms with Gasteiger partial charge in [-0.25, -0.2) is 4.52 Å². The van der Waals surface area contributed by atoms with E-state index in [2.05, 4.69) is 51.3 Å². The lowest BCUT2D eigenvalue weighted by Gasteiger charge is -2.17. The Morgan fingerprint density at radius 3 is 2.22 bits per heavy atom. The maximum atomic E-state index is 11.8. The first-order chi connectivity index (χ1) is 10.6. The molecule has 0 bridgehead atoms. The smallest absolute Gasteiger partial charge is 0.190 e. The summed E-state index contributed by atoms with van der Waals surface area (Å²) >= 11 is 1.28. The predicted molar refractivity (Wildman–Crippen MR) is 96.4 cm³/mol. The molecule has 4 nitrogen and oxygen atoms in total. The summed E-state index contributed by atoms with van der Waals surface area (Å²) < 4.78 is 4.14. The number of aryl methyl sites for hydroxylation is 3. The van der Waals surface area contributed by atoms with Crippen LogP contribution < -0.4 is 0 Å². The molecule has 3 rings (SSSR count). The van der Waals surface area contributed by atoms with E-state index < -0.39 is 0 Å². The van der Waals surface area contributed by atoms with Crippen molar-refractivity contribution in [1.29, 1.82) is 0 Å². The normalized spacial score (nSPS) is 12.5. The van der Waals surface area contributed by atoms with Gasteiger partial charge in [-0.05, 0) is 48.9 Å². The number of thioether (sulfide) groups is 1. The molecular weight excluding hydrogens is 306 g/mol. The van der Waals surface area contributed by atoms with Crippen molar-refractivity contribution in [2.24, 2.45) is 7.05 Å². The van der Waals surface area contributed by atoms with Crippen molar-refractivity contribution < 1.29 is 4.79 Å². The third kappa shape index (κ3) is 2.47. The zero-order valence-electron chi connectivity index (χ0n) is 14.8. The third-order valence-corrected chi connectivity index (χ3v) is 5.14. The van der Waals surface area contributed by atoms with E-state index in [9.17, 15) is 4.79 Å². The molecule has 0 saturated heterocycles. The van der Waals surface area contributed by atoms with Gasteiger partial charge in [0, 0.05) is 19.4 Å². The molecule has 0 aliphatic heterocycles. The van der Waals surface area contributed by atoms with Crippen molar-refractivity contribution in [3.05, 3.63) is 29.0 Å². The van der Waals surface area contributed by atoms with Gasteiger partial charge in [-0.15, -0.1) is 0 Å². The molecule has 0 radical (unpaired) electrons. The number of nitrogens with zero attached hydrogens (tertiary/aromatic N) is 3. The molecule has 23 heavy (non-hydrogen) atoms. The molecular formula is C18H23N3OS. The van der Waals surface area contributed by atoms with Gasteiger partial charge in [0.05, 0.1) is 21.6 Å². The zero-order valence-corrected chi connectivity index (χ0v) is 15.6. The minimum atomic E-state index is -0.115. The minimum absolute atomic E-state index is 0.0861. The van der Waals surface area contributed by atoms with Crippen LogP contribution in [0.4, 0.5) is 0 Å². The van der Waals surface area contributed by atoms with Crippen LogP contribution in [0.5, 0.6) is 0 Å². The standard InChI is InChI=1S/C18H23N3OS/c1-10-8-13-14(9-11(10)2)21-17(20(13)7)15(23-12(3)22)16(19-21)18(4,5)6/h8-9H,1-7H3. The van der Waals surface area contributed by atoms with Crippen molar-refractivity contribution >= 4 is 33.6 Å². The molecule has 0 fully saturated rings. The Bertz CT molecular complexity index is 941. The van der Waals surface area contributed by atoms with Crippen molar-refractivity contribution in [2.45, 2.75) is 51.9 Å². The number of aromatic nitrogens is 3. The van der Waals surface area contributed by atoms with Crippen LogP contribution in [0.15, 0.2) is 17.0 Å². The van der Waals surface area contributed by atoms with Crippen LogP contribution in [0, 0.1) is 13.8 Å². The van der Waals surface area contributed by atoms with Crippen molar-refractivity contribution in [2.75, 3.05) is 0 Å². The molecule has 2 aromatic heterocycles. The van der Waals surface area contributed by atoms with Crippen molar-refractivity contribution in [3.8, 4) is 0 Å². The van der Waals surface area contributed by atoms with E-state index in [-0.39, 0.29) is 10.5 Å². The summed E-state index contributed by atoms with van der Waals surface area (Å²) in [6.45, 7) is 12.3. The number of fused-ring (bicyclic) bond motifs is 3. The molecule has 1 aromatic carbocycles. The number of imidazole rings is 1. The van der Waals surface area contributed by atoms with E-state index in [1.807, 2.05) is 11.6 Å². The number of hydrogen-bond donors (Lipinski definition) is 0. The van der Waals surface area contributed by atoms with Crippen LogP contribution >= 0.6 is 11.8 Å². The first-order valence-corrected chi connectivity index (χ1v) is 8.60. The lowest BCUT2D eigenvalue weighted by atomic mass is 9.92. The fourth-order valence-corrected chi connectivity index (χ4v) is 3.97. The highest BCUT2D eigenvalue weighted by Gasteiger charge is 2.28. The number of rotatable bonds is 1. The van der Waals surface area contributed by atoms with Crippen LogP contribution in [-0.2, 0) is 17.3 Å². The van der Waals surface area contributed by atoms with Gasteiger partial charge in [0.1, 0.15) is 0 Å². The Balaban J connectivity index is 2.47. The summed E-state index contributed by atoms with van der Waals surface area (Å²) in [6, 6.07) is 4.37. The van der Waals surface area contributed by atoms with Gasteiger partial charge in [-0.1, -0.05) is 20.8 Å². The molecule has 0 spiro atoms. The van der Waals surface area contributed by atoms with Gasteiger partial charge in [-0.3, -0.25) is 4.79 Å². The Hall–Kier alpha value is -1.75. The molecule has 0 amide bonds. The highest BCUT2D eigenvalue weighted by molar-refractivity contribution is 8.13. The van der Waals surface area contributed by atoms with Gasteiger partial charge in [0.15, 0.2) is 10.8 Å². The second-order valence-corrected chi connectivity index (χ2v) is 8.43. The van der Waals surface area contributed by atoms with E-state index in [4.69, 9.17) is 5.10 Å². The fraction of sp³-hybridized carbons (Fsp3) is 0.444. The molecule has 0 aliphatic carbocycles. The predicted octanol–water partition coefficient (Wildman–Crippen LogP) is 4.38. The summed E-state index contributed by atoms with van der Waals surface area (Å²) in [5.74, 6) is 0. The lowest BCUT2D eigenvalue weighted by molar-refractivity contribution is -0.109. The Morgan fingerprint density at radius 1 is 1.13 bits per heavy atom. The number of benzene rings is 1. The number of carbonyl (C=O) groups excluding carboxylic acids is 1. The molecule has 5 heteroatoms. The quantitative estimate of drug-likeness (QED) is 0.622. The highest BCUT2D eigenvalue weighted by atomic mass is 32.2. The van der Waals surface area contributed by atoms with Gasteiger partial charge < -0.3 is 4.57 Å². The van der Waals surface area contributed by atoms with E-state index in [0.29, 0.717) is 0 Å². The van der Waals surface area contributed by atoms with Crippen LogP contribution in [0.3, 0.4) is 0 Å². The summed E-state index contributed by atoms with van der Waals surface area (Å²) in [6.07, 6.45) is 0. The largest absolute Gasteiger partial charge is 0.327 e. The maximum absolute atomic E-state index is 11.8. The first kappa shape index (κ1) is 16.1. The molecule has 2 heterocycles. The average Bonchev–Trinajstić information content (AvgIpc) is 2.89. The Kier molecular flexibility index (Phi) is 3.59. The van der Waals surface area contributed by atoms with Crippen molar-refractivity contribution in [3.63, 3.8) is 0 Å². The number of hydrogen-bond acceptors (Lipinski definition) is 3. The van der Waals surface area contributed by atoms with Crippen LogP contribution in [0.1, 0.15) is 44.5 Å². The molecule has 0 unspecified atom stereocenters. The summed E-state index contributed by atoms with van der Waals surface area (Å²) in [5, 5.41) is 4.97. The molecule has 0 atom stereocenters. The van der Waals surface area contributed by atoms with Gasteiger partial charge in [-0.2, -0.15) is 5.10 Å².